The summed E-state index contributed by atoms with van der Waals surface area (Å²) in [5.41, 5.74) is 0.513. The molecule has 0 aliphatic carbocycles. The van der Waals surface area contributed by atoms with E-state index in [0.717, 1.165) is 4.31 Å². The van der Waals surface area contributed by atoms with Crippen molar-refractivity contribution in [2.24, 2.45) is 0 Å². The predicted molar refractivity (Wildman–Crippen MR) is 66.6 cm³/mol. The number of hydrogen-bond acceptors (Lipinski definition) is 4. The summed E-state index contributed by atoms with van der Waals surface area (Å²) >= 11 is 0. The van der Waals surface area contributed by atoms with Crippen molar-refractivity contribution in [1.29, 1.82) is 0 Å². The van der Waals surface area contributed by atoms with Gasteiger partial charge in [-0.1, -0.05) is 0 Å². The first-order valence-electron chi connectivity index (χ1n) is 5.15. The molecule has 0 radical (unpaired) electrons. The molecule has 0 aliphatic heterocycles. The van der Waals surface area contributed by atoms with E-state index in [9.17, 15) is 18.0 Å². The first kappa shape index (κ1) is 14.3. The van der Waals surface area contributed by atoms with Gasteiger partial charge in [-0.15, -0.1) is 0 Å². The van der Waals surface area contributed by atoms with Gasteiger partial charge >= 0.3 is 0 Å². The Bertz CT molecular complexity index is 537. The number of nitrogens with zero attached hydrogens (tertiary/aromatic N) is 1. The normalized spacial score (nSPS) is 11.3. The smallest absolute Gasteiger partial charge is 0.243 e. The fourth-order valence-electron chi connectivity index (χ4n) is 1.30. The number of hydrogen-bond donors (Lipinski definition) is 1. The second kappa shape index (κ2) is 5.74. The van der Waals surface area contributed by atoms with Gasteiger partial charge in [-0.3, -0.25) is 4.79 Å². The highest BCUT2D eigenvalue weighted by Crippen LogP contribution is 2.17. The van der Waals surface area contributed by atoms with Gasteiger partial charge in [-0.05, 0) is 24.3 Å². The minimum absolute atomic E-state index is 0.0703. The number of carbonyl (C=O) groups is 2. The van der Waals surface area contributed by atoms with E-state index in [-0.39, 0.29) is 17.3 Å². The lowest BCUT2D eigenvalue weighted by molar-refractivity contribution is -0.114. The van der Waals surface area contributed by atoms with E-state index in [0.29, 0.717) is 12.0 Å². The van der Waals surface area contributed by atoms with Crippen molar-refractivity contribution >= 4 is 27.9 Å². The van der Waals surface area contributed by atoms with Crippen molar-refractivity contribution in [3.8, 4) is 0 Å². The number of nitrogens with one attached hydrogen (secondary N) is 1. The van der Waals surface area contributed by atoms with Crippen LogP contribution in [0.4, 0.5) is 5.69 Å². The van der Waals surface area contributed by atoms with Gasteiger partial charge in [0.1, 0.15) is 6.29 Å². The average Bonchev–Trinajstić information content (AvgIpc) is 2.29. The highest BCUT2D eigenvalue weighted by Gasteiger charge is 2.19. The molecule has 0 atom stereocenters. The van der Waals surface area contributed by atoms with Gasteiger partial charge in [0.25, 0.3) is 0 Å². The molecule has 18 heavy (non-hydrogen) atoms. The number of amides is 1. The van der Waals surface area contributed by atoms with E-state index in [1.165, 1.54) is 38.2 Å². The molecule has 1 aromatic carbocycles. The third kappa shape index (κ3) is 3.38. The van der Waals surface area contributed by atoms with E-state index in [1.807, 2.05) is 0 Å². The lowest BCUT2D eigenvalue weighted by atomic mass is 10.3. The Morgan fingerprint density at radius 2 is 1.89 bits per heavy atom. The molecule has 0 fully saturated rings. The second-order valence-corrected chi connectivity index (χ2v) is 5.70. The van der Waals surface area contributed by atoms with Gasteiger partial charge in [-0.25, -0.2) is 8.42 Å². The number of carbonyl (C=O) groups excluding carboxylic acids is 2. The van der Waals surface area contributed by atoms with E-state index in [2.05, 4.69) is 5.32 Å². The third-order valence-electron chi connectivity index (χ3n) is 2.21. The fraction of sp³-hybridized carbons (Fsp3) is 0.273. The summed E-state index contributed by atoms with van der Waals surface area (Å²) in [4.78, 5) is 21.2. The molecule has 0 aliphatic rings. The summed E-state index contributed by atoms with van der Waals surface area (Å²) < 4.78 is 24.8. The van der Waals surface area contributed by atoms with Crippen LogP contribution in [0.2, 0.25) is 0 Å². The van der Waals surface area contributed by atoms with E-state index in [1.54, 1.807) is 0 Å². The van der Waals surface area contributed by atoms with Gasteiger partial charge in [0, 0.05) is 19.7 Å². The van der Waals surface area contributed by atoms with Crippen molar-refractivity contribution in [3.05, 3.63) is 24.3 Å². The molecule has 0 spiro atoms. The van der Waals surface area contributed by atoms with E-state index < -0.39 is 10.0 Å². The molecule has 1 amide bonds. The molecule has 1 rings (SSSR count). The molecule has 98 valence electrons. The number of anilines is 1. The maximum absolute atomic E-state index is 11.9. The zero-order valence-electron chi connectivity index (χ0n) is 10.1. The molecule has 1 aromatic rings. The summed E-state index contributed by atoms with van der Waals surface area (Å²) in [5.74, 6) is -0.233. The summed E-state index contributed by atoms with van der Waals surface area (Å²) in [6, 6.07) is 5.73. The van der Waals surface area contributed by atoms with Crippen molar-refractivity contribution in [2.75, 3.05) is 18.9 Å². The Kier molecular flexibility index (Phi) is 4.57. The Labute approximate surface area is 106 Å². The van der Waals surface area contributed by atoms with Crippen LogP contribution < -0.4 is 5.32 Å². The number of benzene rings is 1. The Morgan fingerprint density at radius 3 is 2.33 bits per heavy atom. The molecule has 0 unspecified atom stereocenters. The molecule has 0 saturated carbocycles. The van der Waals surface area contributed by atoms with Crippen molar-refractivity contribution in [1.82, 2.24) is 4.31 Å². The van der Waals surface area contributed by atoms with Crippen molar-refractivity contribution in [3.63, 3.8) is 0 Å². The lowest BCUT2D eigenvalue weighted by Gasteiger charge is -2.14. The lowest BCUT2D eigenvalue weighted by Crippen LogP contribution is -2.28. The molecule has 1 N–H and O–H groups in total. The van der Waals surface area contributed by atoms with Crippen LogP contribution in [-0.4, -0.2) is 38.5 Å². The van der Waals surface area contributed by atoms with Crippen molar-refractivity contribution < 1.29 is 18.0 Å². The number of aldehydes is 1. The standard InChI is InChI=1S/C11H14N2O4S/c1-9(15)12-10-3-5-11(6-4-10)18(16,17)13(2)7-8-14/h3-6,8H,7H2,1-2H3,(H,12,15). The maximum Gasteiger partial charge on any atom is 0.243 e. The third-order valence-corrected chi connectivity index (χ3v) is 4.05. The van der Waals surface area contributed by atoms with Crippen LogP contribution in [0.1, 0.15) is 6.92 Å². The van der Waals surface area contributed by atoms with Gasteiger partial charge in [0.2, 0.25) is 15.9 Å². The Morgan fingerprint density at radius 1 is 1.33 bits per heavy atom. The molecule has 0 saturated heterocycles. The Balaban J connectivity index is 2.97. The summed E-state index contributed by atoms with van der Waals surface area (Å²) in [5, 5.41) is 2.53. The quantitative estimate of drug-likeness (QED) is 0.788. The number of rotatable bonds is 5. The molecular weight excluding hydrogens is 256 g/mol. The molecule has 0 heterocycles. The minimum Gasteiger partial charge on any atom is -0.326 e. The number of likely N-dealkylation sites (N-methyl/N-ethyl adjacent to an activating group) is 1. The zero-order chi connectivity index (χ0) is 13.8. The SMILES string of the molecule is CC(=O)Nc1ccc(S(=O)(=O)N(C)CC=O)cc1. The zero-order valence-corrected chi connectivity index (χ0v) is 10.9. The number of sulfonamides is 1. The first-order chi connectivity index (χ1) is 8.37. The second-order valence-electron chi connectivity index (χ2n) is 3.66. The van der Waals surface area contributed by atoms with Crippen LogP contribution in [0.3, 0.4) is 0 Å². The average molecular weight is 270 g/mol. The highest BCUT2D eigenvalue weighted by molar-refractivity contribution is 7.89. The van der Waals surface area contributed by atoms with E-state index >= 15 is 0 Å². The fourth-order valence-corrected chi connectivity index (χ4v) is 2.39. The molecule has 6 nitrogen and oxygen atoms in total. The molecular formula is C11H14N2O4S. The van der Waals surface area contributed by atoms with Gasteiger partial charge in [0.05, 0.1) is 11.4 Å². The van der Waals surface area contributed by atoms with Crippen molar-refractivity contribution in [2.45, 2.75) is 11.8 Å². The summed E-state index contributed by atoms with van der Waals surface area (Å²) in [6.45, 7) is 1.16. The highest BCUT2D eigenvalue weighted by atomic mass is 32.2. The molecule has 0 aromatic heterocycles. The van der Waals surface area contributed by atoms with Crippen LogP contribution in [0, 0.1) is 0 Å². The summed E-state index contributed by atoms with van der Waals surface area (Å²) in [6.07, 6.45) is 0.517. The Hall–Kier alpha value is -1.73. The van der Waals surface area contributed by atoms with Crippen LogP contribution in [0.25, 0.3) is 0 Å². The predicted octanol–water partition coefficient (Wildman–Crippen LogP) is 0.464. The first-order valence-corrected chi connectivity index (χ1v) is 6.59. The van der Waals surface area contributed by atoms with Gasteiger partial charge in [-0.2, -0.15) is 4.31 Å². The van der Waals surface area contributed by atoms with Crippen LogP contribution in [0.5, 0.6) is 0 Å². The monoisotopic (exact) mass is 270 g/mol. The largest absolute Gasteiger partial charge is 0.326 e. The van der Waals surface area contributed by atoms with Crippen LogP contribution >= 0.6 is 0 Å². The van der Waals surface area contributed by atoms with Crippen LogP contribution in [-0.2, 0) is 19.6 Å². The van der Waals surface area contributed by atoms with Gasteiger partial charge < -0.3 is 10.1 Å². The van der Waals surface area contributed by atoms with Crippen LogP contribution in [0.15, 0.2) is 29.2 Å². The topological polar surface area (TPSA) is 83.6 Å². The summed E-state index contributed by atoms with van der Waals surface area (Å²) in [7, 11) is -2.33. The maximum atomic E-state index is 11.9. The molecule has 7 heteroatoms. The minimum atomic E-state index is -3.66. The van der Waals surface area contributed by atoms with E-state index in [4.69, 9.17) is 0 Å². The molecule has 0 bridgehead atoms. The van der Waals surface area contributed by atoms with Gasteiger partial charge in [0.15, 0.2) is 0 Å².